The fourth-order valence-electron chi connectivity index (χ4n) is 3.09. The average molecular weight is 401 g/mol. The smallest absolute Gasteiger partial charge is 0.269 e. The third kappa shape index (κ3) is 3.91. The van der Waals surface area contributed by atoms with Crippen LogP contribution >= 0.6 is 0 Å². The lowest BCUT2D eigenvalue weighted by Gasteiger charge is -2.06. The van der Waals surface area contributed by atoms with E-state index in [1.165, 1.54) is 29.8 Å². The van der Waals surface area contributed by atoms with Crippen molar-refractivity contribution in [1.29, 1.82) is 0 Å². The van der Waals surface area contributed by atoms with E-state index in [1.54, 1.807) is 18.2 Å². The summed E-state index contributed by atoms with van der Waals surface area (Å²) in [7, 11) is 0. The molecule has 1 aromatic heterocycles. The summed E-state index contributed by atoms with van der Waals surface area (Å²) in [6, 6.07) is 18.6. The van der Waals surface area contributed by atoms with Crippen LogP contribution in [0.3, 0.4) is 0 Å². The molecule has 0 unspecified atom stereocenters. The molecule has 4 rings (SSSR count). The number of nitrogens with one attached hydrogen (secondary N) is 1. The molecule has 0 aliphatic rings. The van der Waals surface area contributed by atoms with E-state index in [1.807, 2.05) is 24.3 Å². The normalized spacial score (nSPS) is 11.0. The quantitative estimate of drug-likeness (QED) is 0.338. The first-order valence-electron chi connectivity index (χ1n) is 9.47. The van der Waals surface area contributed by atoms with E-state index in [9.17, 15) is 14.9 Å². The molecule has 0 aliphatic heterocycles. The number of rotatable bonds is 5. The van der Waals surface area contributed by atoms with Gasteiger partial charge in [-0.3, -0.25) is 14.9 Å². The largest absolute Gasteiger partial charge is 0.436 e. The van der Waals surface area contributed by atoms with E-state index >= 15 is 0 Å². The lowest BCUT2D eigenvalue weighted by molar-refractivity contribution is -0.384. The molecule has 30 heavy (non-hydrogen) atoms. The molecule has 4 aromatic rings. The molecule has 150 valence electrons. The molecule has 0 bridgehead atoms. The van der Waals surface area contributed by atoms with Crippen molar-refractivity contribution >= 4 is 28.4 Å². The van der Waals surface area contributed by atoms with Crippen molar-refractivity contribution < 1.29 is 14.1 Å². The molecule has 0 saturated heterocycles. The molecule has 7 nitrogen and oxygen atoms in total. The first-order valence-corrected chi connectivity index (χ1v) is 9.47. The average Bonchev–Trinajstić information content (AvgIpc) is 3.17. The first-order chi connectivity index (χ1) is 14.4. The Morgan fingerprint density at radius 1 is 1.07 bits per heavy atom. The van der Waals surface area contributed by atoms with Crippen LogP contribution in [0.2, 0.25) is 0 Å². The Morgan fingerprint density at radius 2 is 1.83 bits per heavy atom. The fraction of sp³-hybridized carbons (Fsp3) is 0.130. The van der Waals surface area contributed by atoms with Crippen LogP contribution in [-0.4, -0.2) is 15.8 Å². The molecule has 0 atom stereocenters. The highest BCUT2D eigenvalue weighted by Gasteiger charge is 2.13. The molecule has 0 saturated carbocycles. The summed E-state index contributed by atoms with van der Waals surface area (Å²) in [5.41, 5.74) is 4.25. The molecule has 0 spiro atoms. The van der Waals surface area contributed by atoms with E-state index in [-0.39, 0.29) is 11.6 Å². The Labute approximate surface area is 172 Å². The lowest BCUT2D eigenvalue weighted by atomic mass is 10.0. The molecule has 0 radical (unpaired) electrons. The maximum atomic E-state index is 12.5. The number of hydrogen-bond acceptors (Lipinski definition) is 5. The number of anilines is 1. The number of fused-ring (bicyclic) bond motifs is 1. The fourth-order valence-corrected chi connectivity index (χ4v) is 3.09. The van der Waals surface area contributed by atoms with Crippen LogP contribution in [0.4, 0.5) is 11.4 Å². The zero-order valence-electron chi connectivity index (χ0n) is 16.5. The lowest BCUT2D eigenvalue weighted by Crippen LogP contribution is -2.11. The number of carbonyl (C=O) groups excluding carboxylic acids is 1. The highest BCUT2D eigenvalue weighted by molar-refractivity contribution is 6.04. The molecular formula is C23H19N3O4. The predicted molar refractivity (Wildman–Crippen MR) is 115 cm³/mol. The number of aromatic nitrogens is 1. The number of carbonyl (C=O) groups is 1. The standard InChI is InChI=1S/C23H19N3O4/c1-14(2)16-8-11-21-20(13-16)25-23(30-21)17-4-3-5-18(12-17)24-22(27)15-6-9-19(10-7-15)26(28)29/h3-14H,1-2H3,(H,24,27). The molecule has 1 amide bonds. The Hall–Kier alpha value is -4.00. The van der Waals surface area contributed by atoms with Gasteiger partial charge < -0.3 is 9.73 Å². The van der Waals surface area contributed by atoms with Crippen molar-refractivity contribution in [2.24, 2.45) is 0 Å². The van der Waals surface area contributed by atoms with Gasteiger partial charge in [-0.05, 0) is 53.9 Å². The monoisotopic (exact) mass is 401 g/mol. The summed E-state index contributed by atoms with van der Waals surface area (Å²) in [4.78, 5) is 27.3. The van der Waals surface area contributed by atoms with E-state index in [0.29, 0.717) is 28.6 Å². The van der Waals surface area contributed by atoms with Crippen molar-refractivity contribution in [3.05, 3.63) is 88.0 Å². The molecular weight excluding hydrogens is 382 g/mol. The molecule has 7 heteroatoms. The minimum absolute atomic E-state index is 0.0647. The van der Waals surface area contributed by atoms with E-state index in [4.69, 9.17) is 4.42 Å². The number of amides is 1. The van der Waals surface area contributed by atoms with Crippen LogP contribution in [0.1, 0.15) is 35.7 Å². The van der Waals surface area contributed by atoms with Gasteiger partial charge in [0, 0.05) is 28.9 Å². The second-order valence-electron chi connectivity index (χ2n) is 7.24. The summed E-state index contributed by atoms with van der Waals surface area (Å²) in [6.07, 6.45) is 0. The number of nitrogens with zero attached hydrogens (tertiary/aromatic N) is 2. The SMILES string of the molecule is CC(C)c1ccc2oc(-c3cccc(NC(=O)c4ccc([N+](=O)[O-])cc4)c3)nc2c1. The van der Waals surface area contributed by atoms with E-state index in [2.05, 4.69) is 24.1 Å². The first kappa shape index (κ1) is 19.3. The molecule has 1 N–H and O–H groups in total. The van der Waals surface area contributed by atoms with Crippen molar-refractivity contribution in [2.45, 2.75) is 19.8 Å². The van der Waals surface area contributed by atoms with Gasteiger partial charge in [-0.2, -0.15) is 0 Å². The van der Waals surface area contributed by atoms with Gasteiger partial charge in [0.1, 0.15) is 5.52 Å². The van der Waals surface area contributed by atoms with Gasteiger partial charge in [0.15, 0.2) is 5.58 Å². The van der Waals surface area contributed by atoms with Gasteiger partial charge in [0.25, 0.3) is 11.6 Å². The zero-order valence-corrected chi connectivity index (χ0v) is 16.5. The van der Waals surface area contributed by atoms with Crippen LogP contribution in [0.15, 0.2) is 71.1 Å². The summed E-state index contributed by atoms with van der Waals surface area (Å²) >= 11 is 0. The maximum Gasteiger partial charge on any atom is 0.269 e. The second kappa shape index (κ2) is 7.79. The number of oxazole rings is 1. The maximum absolute atomic E-state index is 12.5. The Morgan fingerprint density at radius 3 is 2.53 bits per heavy atom. The van der Waals surface area contributed by atoms with Gasteiger partial charge in [-0.1, -0.05) is 26.0 Å². The Bertz CT molecular complexity index is 1240. The highest BCUT2D eigenvalue weighted by atomic mass is 16.6. The van der Waals surface area contributed by atoms with Gasteiger partial charge in [0.2, 0.25) is 5.89 Å². The van der Waals surface area contributed by atoms with Crippen LogP contribution in [-0.2, 0) is 0 Å². The van der Waals surface area contributed by atoms with Gasteiger partial charge >= 0.3 is 0 Å². The van der Waals surface area contributed by atoms with Crippen LogP contribution < -0.4 is 5.32 Å². The molecule has 0 aliphatic carbocycles. The van der Waals surface area contributed by atoms with Crippen LogP contribution in [0.5, 0.6) is 0 Å². The summed E-state index contributed by atoms with van der Waals surface area (Å²) in [5.74, 6) is 0.506. The summed E-state index contributed by atoms with van der Waals surface area (Å²) < 4.78 is 5.88. The molecule has 3 aromatic carbocycles. The number of nitro groups is 1. The summed E-state index contributed by atoms with van der Waals surface area (Å²) in [5, 5.41) is 13.5. The Kier molecular flexibility index (Phi) is 5.02. The zero-order chi connectivity index (χ0) is 21.3. The second-order valence-corrected chi connectivity index (χ2v) is 7.24. The van der Waals surface area contributed by atoms with Crippen molar-refractivity contribution in [1.82, 2.24) is 4.98 Å². The topological polar surface area (TPSA) is 98.3 Å². The van der Waals surface area contributed by atoms with E-state index < -0.39 is 4.92 Å². The third-order valence-electron chi connectivity index (χ3n) is 4.79. The number of benzene rings is 3. The van der Waals surface area contributed by atoms with Crippen molar-refractivity contribution in [3.8, 4) is 11.5 Å². The molecule has 0 fully saturated rings. The predicted octanol–water partition coefficient (Wildman–Crippen LogP) is 5.78. The minimum Gasteiger partial charge on any atom is -0.436 e. The van der Waals surface area contributed by atoms with Gasteiger partial charge in [0.05, 0.1) is 4.92 Å². The number of nitro benzene ring substituents is 1. The number of non-ortho nitro benzene ring substituents is 1. The van der Waals surface area contributed by atoms with Crippen LogP contribution in [0, 0.1) is 10.1 Å². The van der Waals surface area contributed by atoms with Crippen molar-refractivity contribution in [2.75, 3.05) is 5.32 Å². The Balaban J connectivity index is 1.57. The van der Waals surface area contributed by atoms with Crippen molar-refractivity contribution in [3.63, 3.8) is 0 Å². The third-order valence-corrected chi connectivity index (χ3v) is 4.79. The summed E-state index contributed by atoms with van der Waals surface area (Å²) in [6.45, 7) is 4.25. The minimum atomic E-state index is -0.504. The number of hydrogen-bond donors (Lipinski definition) is 1. The van der Waals surface area contributed by atoms with Crippen LogP contribution in [0.25, 0.3) is 22.6 Å². The highest BCUT2D eigenvalue weighted by Crippen LogP contribution is 2.28. The molecule has 1 heterocycles. The van der Waals surface area contributed by atoms with E-state index in [0.717, 1.165) is 11.1 Å². The van der Waals surface area contributed by atoms with Gasteiger partial charge in [-0.15, -0.1) is 0 Å². The van der Waals surface area contributed by atoms with Gasteiger partial charge in [-0.25, -0.2) is 4.98 Å².